The van der Waals surface area contributed by atoms with Crippen LogP contribution in [-0.2, 0) is 23.9 Å². The molecule has 0 aromatic heterocycles. The van der Waals surface area contributed by atoms with Gasteiger partial charge in [-0.3, -0.25) is 9.59 Å². The molecule has 0 bridgehead atoms. The highest BCUT2D eigenvalue weighted by molar-refractivity contribution is 5.94. The maximum atomic E-state index is 12.9. The Balaban J connectivity index is 3.21. The smallest absolute Gasteiger partial charge is 0.333 e. The van der Waals surface area contributed by atoms with Crippen molar-refractivity contribution in [1.29, 1.82) is 0 Å². The maximum absolute atomic E-state index is 12.9. The molecule has 0 aliphatic heterocycles. The molecule has 27 heavy (non-hydrogen) atoms. The van der Waals surface area contributed by atoms with Crippen molar-refractivity contribution in [3.63, 3.8) is 0 Å². The monoisotopic (exact) mass is 384 g/mol. The molecule has 7 nitrogen and oxygen atoms in total. The Kier molecular flexibility index (Phi) is 8.72. The molecule has 1 rings (SSSR count). The van der Waals surface area contributed by atoms with Crippen LogP contribution in [0.2, 0.25) is 0 Å². The van der Waals surface area contributed by atoms with Crippen LogP contribution in [0.25, 0.3) is 0 Å². The van der Waals surface area contributed by atoms with E-state index in [4.69, 9.17) is 15.2 Å². The lowest BCUT2D eigenvalue weighted by Gasteiger charge is -2.39. The van der Waals surface area contributed by atoms with Gasteiger partial charge in [0.15, 0.2) is 5.54 Å². The van der Waals surface area contributed by atoms with Gasteiger partial charge in [0.1, 0.15) is 5.60 Å². The second-order valence-corrected chi connectivity index (χ2v) is 8.37. The normalized spacial score (nSPS) is 18.9. The summed E-state index contributed by atoms with van der Waals surface area (Å²) < 4.78 is 10.5. The molecule has 7 heteroatoms. The molecule has 1 fully saturated rings. The Hall–Kier alpha value is -1.63. The molecule has 1 amide bonds. The Morgan fingerprint density at radius 3 is 2.19 bits per heavy atom. The van der Waals surface area contributed by atoms with Crippen LogP contribution in [0.15, 0.2) is 0 Å². The molecule has 1 aliphatic rings. The molecule has 0 heterocycles. The van der Waals surface area contributed by atoms with Crippen molar-refractivity contribution >= 4 is 17.8 Å². The fourth-order valence-corrected chi connectivity index (χ4v) is 3.65. The number of amides is 1. The van der Waals surface area contributed by atoms with Crippen molar-refractivity contribution in [2.75, 3.05) is 13.7 Å². The highest BCUT2D eigenvalue weighted by atomic mass is 16.6. The average Bonchev–Trinajstić information content (AvgIpc) is 2.63. The van der Waals surface area contributed by atoms with E-state index in [1.54, 1.807) is 20.8 Å². The number of carbonyl (C=O) groups is 3. The predicted octanol–water partition coefficient (Wildman–Crippen LogP) is 2.31. The van der Waals surface area contributed by atoms with Gasteiger partial charge in [-0.25, -0.2) is 4.79 Å². The molecule has 0 spiro atoms. The highest BCUT2D eigenvalue weighted by Gasteiger charge is 2.52. The Morgan fingerprint density at radius 1 is 1.15 bits per heavy atom. The molecule has 156 valence electrons. The number of rotatable bonds is 8. The van der Waals surface area contributed by atoms with Gasteiger partial charge in [0.25, 0.3) is 0 Å². The molecule has 2 atom stereocenters. The van der Waals surface area contributed by atoms with Crippen LogP contribution in [0, 0.1) is 11.8 Å². The van der Waals surface area contributed by atoms with Crippen molar-refractivity contribution in [3.05, 3.63) is 0 Å². The molecule has 0 saturated heterocycles. The van der Waals surface area contributed by atoms with Crippen LogP contribution in [0.4, 0.5) is 0 Å². The van der Waals surface area contributed by atoms with Gasteiger partial charge >= 0.3 is 11.9 Å². The first-order chi connectivity index (χ1) is 12.6. The minimum atomic E-state index is -1.62. The van der Waals surface area contributed by atoms with Gasteiger partial charge in [0.05, 0.1) is 13.0 Å². The third-order valence-electron chi connectivity index (χ3n) is 5.06. The summed E-state index contributed by atoms with van der Waals surface area (Å²) in [5.74, 6) is -2.58. The zero-order valence-electron chi connectivity index (χ0n) is 17.4. The average molecular weight is 385 g/mol. The summed E-state index contributed by atoms with van der Waals surface area (Å²) in [6.07, 6.45) is 5.61. The molecule has 0 aromatic carbocycles. The van der Waals surface area contributed by atoms with E-state index in [2.05, 4.69) is 5.32 Å². The number of hydrogen-bond donors (Lipinski definition) is 2. The zero-order chi connectivity index (χ0) is 20.7. The van der Waals surface area contributed by atoms with Gasteiger partial charge in [-0.1, -0.05) is 32.6 Å². The van der Waals surface area contributed by atoms with Gasteiger partial charge in [0, 0.05) is 12.5 Å². The topological polar surface area (TPSA) is 108 Å². The number of carbonyl (C=O) groups excluding carboxylic acids is 3. The van der Waals surface area contributed by atoms with Crippen molar-refractivity contribution in [1.82, 2.24) is 5.32 Å². The first kappa shape index (κ1) is 23.4. The first-order valence-electron chi connectivity index (χ1n) is 9.94. The number of nitrogens with one attached hydrogen (secondary N) is 1. The summed E-state index contributed by atoms with van der Waals surface area (Å²) in [5.41, 5.74) is 3.63. The number of methoxy groups -OCH3 is 1. The van der Waals surface area contributed by atoms with E-state index in [0.29, 0.717) is 12.8 Å². The van der Waals surface area contributed by atoms with Crippen LogP contribution in [-0.4, -0.2) is 42.6 Å². The lowest BCUT2D eigenvalue weighted by Crippen LogP contribution is -2.67. The summed E-state index contributed by atoms with van der Waals surface area (Å²) in [4.78, 5) is 38.5. The van der Waals surface area contributed by atoms with Crippen molar-refractivity contribution in [2.24, 2.45) is 17.6 Å². The summed E-state index contributed by atoms with van der Waals surface area (Å²) >= 11 is 0. The summed E-state index contributed by atoms with van der Waals surface area (Å²) in [6.45, 7) is 6.95. The second-order valence-electron chi connectivity index (χ2n) is 8.37. The van der Waals surface area contributed by atoms with Crippen LogP contribution in [0.1, 0.15) is 72.6 Å². The zero-order valence-corrected chi connectivity index (χ0v) is 17.4. The Bertz CT molecular complexity index is 523. The van der Waals surface area contributed by atoms with E-state index in [-0.39, 0.29) is 18.4 Å². The summed E-state index contributed by atoms with van der Waals surface area (Å²) in [7, 11) is 1.23. The molecular formula is C20H36N2O5. The molecule has 3 N–H and O–H groups in total. The molecular weight excluding hydrogens is 348 g/mol. The van der Waals surface area contributed by atoms with Gasteiger partial charge in [0.2, 0.25) is 5.91 Å². The quantitative estimate of drug-likeness (QED) is 0.622. The van der Waals surface area contributed by atoms with Gasteiger partial charge in [-0.05, 0) is 40.0 Å². The van der Waals surface area contributed by atoms with E-state index in [9.17, 15) is 14.4 Å². The highest BCUT2D eigenvalue weighted by Crippen LogP contribution is 2.30. The van der Waals surface area contributed by atoms with E-state index in [1.807, 2.05) is 6.92 Å². The second kappa shape index (κ2) is 10.1. The third-order valence-corrected chi connectivity index (χ3v) is 5.06. The van der Waals surface area contributed by atoms with Gasteiger partial charge in [-0.15, -0.1) is 0 Å². The molecule has 0 radical (unpaired) electrons. The largest absolute Gasteiger partial charge is 0.467 e. The van der Waals surface area contributed by atoms with Crippen molar-refractivity contribution in [2.45, 2.75) is 83.8 Å². The fraction of sp³-hybridized carbons (Fsp3) is 0.850. The van der Waals surface area contributed by atoms with Crippen LogP contribution in [0.5, 0.6) is 0 Å². The Morgan fingerprint density at radius 2 is 1.74 bits per heavy atom. The van der Waals surface area contributed by atoms with Crippen LogP contribution in [0.3, 0.4) is 0 Å². The summed E-state index contributed by atoms with van der Waals surface area (Å²) in [5, 5.41) is 2.81. The predicted molar refractivity (Wildman–Crippen MR) is 103 cm³/mol. The van der Waals surface area contributed by atoms with Crippen LogP contribution < -0.4 is 11.1 Å². The van der Waals surface area contributed by atoms with Crippen LogP contribution >= 0.6 is 0 Å². The van der Waals surface area contributed by atoms with Crippen molar-refractivity contribution in [3.8, 4) is 0 Å². The number of esters is 2. The van der Waals surface area contributed by atoms with Gasteiger partial charge in [-0.2, -0.15) is 0 Å². The lowest BCUT2D eigenvalue weighted by molar-refractivity contribution is -0.171. The number of hydrogen-bond acceptors (Lipinski definition) is 6. The molecule has 0 aromatic rings. The first-order valence-corrected chi connectivity index (χ1v) is 9.94. The molecule has 2 unspecified atom stereocenters. The van der Waals surface area contributed by atoms with E-state index >= 15 is 0 Å². The molecule has 1 saturated carbocycles. The fourth-order valence-electron chi connectivity index (χ4n) is 3.65. The molecule has 1 aliphatic carbocycles. The van der Waals surface area contributed by atoms with Crippen molar-refractivity contribution < 1.29 is 23.9 Å². The SMILES string of the molecule is CCCC(C(=O)OC(C)(C)C)C(CN)(NC(=O)C1CCCCC1)C(=O)OC. The van der Waals surface area contributed by atoms with Gasteiger partial charge < -0.3 is 20.5 Å². The lowest BCUT2D eigenvalue weighted by atomic mass is 9.79. The number of ether oxygens (including phenoxy) is 2. The van der Waals surface area contributed by atoms with E-state index in [1.165, 1.54) is 7.11 Å². The minimum Gasteiger partial charge on any atom is -0.467 e. The van der Waals surface area contributed by atoms with E-state index < -0.39 is 29.0 Å². The number of nitrogens with two attached hydrogens (primary N) is 1. The third kappa shape index (κ3) is 6.19. The standard InChI is InChI=1S/C20H36N2O5/c1-6-10-15(17(24)27-19(2,3)4)20(13-21,18(25)26-5)22-16(23)14-11-8-7-9-12-14/h14-15H,6-13,21H2,1-5H3,(H,22,23). The summed E-state index contributed by atoms with van der Waals surface area (Å²) in [6, 6.07) is 0. The minimum absolute atomic E-state index is 0.171. The maximum Gasteiger partial charge on any atom is 0.333 e. The van der Waals surface area contributed by atoms with E-state index in [0.717, 1.165) is 32.1 Å². The Labute approximate surface area is 162 Å².